The molecule has 2 aromatic rings. The van der Waals surface area contributed by atoms with Crippen LogP contribution in [0.3, 0.4) is 0 Å². The molecular weight excluding hydrogens is 381 g/mol. The second-order valence-corrected chi connectivity index (χ2v) is 5.68. The minimum atomic E-state index is -0.245. The molecule has 1 N–H and O–H groups in total. The summed E-state index contributed by atoms with van der Waals surface area (Å²) in [6.45, 7) is 1.38. The first kappa shape index (κ1) is 15.5. The van der Waals surface area contributed by atoms with Crippen LogP contribution in [0.25, 0.3) is 0 Å². The van der Waals surface area contributed by atoms with Crippen molar-refractivity contribution in [3.8, 4) is 5.75 Å². The Morgan fingerprint density at radius 1 is 1.14 bits per heavy atom. The van der Waals surface area contributed by atoms with E-state index in [2.05, 4.69) is 27.9 Å². The highest BCUT2D eigenvalue weighted by atomic mass is 127. The van der Waals surface area contributed by atoms with Crippen LogP contribution in [-0.2, 0) is 4.79 Å². The molecule has 2 rings (SSSR count). The largest absolute Gasteiger partial charge is 0.484 e. The van der Waals surface area contributed by atoms with Gasteiger partial charge in [-0.3, -0.25) is 9.59 Å². The molecule has 0 aliphatic rings. The number of hydrogen-bond acceptors (Lipinski definition) is 3. The molecule has 0 spiro atoms. The highest BCUT2D eigenvalue weighted by Gasteiger charge is 2.05. The highest BCUT2D eigenvalue weighted by Crippen LogP contribution is 2.15. The maximum atomic E-state index is 11.8. The zero-order chi connectivity index (χ0) is 15.2. The summed E-state index contributed by atoms with van der Waals surface area (Å²) in [6, 6.07) is 14.3. The van der Waals surface area contributed by atoms with Crippen LogP contribution >= 0.6 is 22.6 Å². The summed E-state index contributed by atoms with van der Waals surface area (Å²) in [5.74, 6) is 0.217. The maximum Gasteiger partial charge on any atom is 0.262 e. The first-order valence-electron chi connectivity index (χ1n) is 6.34. The van der Waals surface area contributed by atoms with Crippen LogP contribution in [0.5, 0.6) is 5.75 Å². The smallest absolute Gasteiger partial charge is 0.262 e. The van der Waals surface area contributed by atoms with Crippen LogP contribution < -0.4 is 10.1 Å². The van der Waals surface area contributed by atoms with E-state index >= 15 is 0 Å². The van der Waals surface area contributed by atoms with E-state index in [1.807, 2.05) is 24.3 Å². The van der Waals surface area contributed by atoms with Gasteiger partial charge in [-0.25, -0.2) is 0 Å². The molecule has 0 bridgehead atoms. The van der Waals surface area contributed by atoms with Crippen molar-refractivity contribution in [2.24, 2.45) is 0 Å². The van der Waals surface area contributed by atoms with Crippen LogP contribution in [0.15, 0.2) is 48.5 Å². The Labute approximate surface area is 136 Å². The maximum absolute atomic E-state index is 11.8. The summed E-state index contributed by atoms with van der Waals surface area (Å²) >= 11 is 2.18. The number of amides is 1. The van der Waals surface area contributed by atoms with Crippen molar-refractivity contribution in [2.75, 3.05) is 11.9 Å². The third-order valence-corrected chi connectivity index (χ3v) is 3.39. The van der Waals surface area contributed by atoms with Crippen molar-refractivity contribution in [3.63, 3.8) is 0 Å². The number of benzene rings is 2. The molecule has 0 heterocycles. The van der Waals surface area contributed by atoms with E-state index in [0.29, 0.717) is 11.3 Å². The van der Waals surface area contributed by atoms with Gasteiger partial charge in [0.15, 0.2) is 12.4 Å². The van der Waals surface area contributed by atoms with Crippen molar-refractivity contribution in [2.45, 2.75) is 6.92 Å². The van der Waals surface area contributed by atoms with Gasteiger partial charge in [-0.05, 0) is 59.8 Å². The Morgan fingerprint density at radius 3 is 2.62 bits per heavy atom. The Hall–Kier alpha value is -1.89. The average Bonchev–Trinajstić information content (AvgIpc) is 2.45. The predicted octanol–water partition coefficient (Wildman–Crippen LogP) is 3.51. The number of halogens is 1. The first-order chi connectivity index (χ1) is 10.0. The van der Waals surface area contributed by atoms with E-state index in [9.17, 15) is 9.59 Å². The Morgan fingerprint density at radius 2 is 1.90 bits per heavy atom. The molecule has 5 heteroatoms. The molecule has 0 radical (unpaired) electrons. The van der Waals surface area contributed by atoms with Gasteiger partial charge in [0.25, 0.3) is 5.91 Å². The van der Waals surface area contributed by atoms with Crippen LogP contribution in [0.4, 0.5) is 5.69 Å². The van der Waals surface area contributed by atoms with E-state index in [1.165, 1.54) is 6.92 Å². The molecule has 0 aliphatic heterocycles. The first-order valence-corrected chi connectivity index (χ1v) is 7.42. The third-order valence-electron chi connectivity index (χ3n) is 2.72. The number of rotatable bonds is 5. The quantitative estimate of drug-likeness (QED) is 0.623. The van der Waals surface area contributed by atoms with Crippen molar-refractivity contribution >= 4 is 40.0 Å². The standard InChI is InChI=1S/C16H14INO3/c1-11(19)12-4-2-7-15(8-12)21-10-16(20)18-14-6-3-5-13(17)9-14/h2-9H,10H2,1H3,(H,18,20). The fraction of sp³-hybridized carbons (Fsp3) is 0.125. The molecule has 0 saturated heterocycles. The Bertz CT molecular complexity index is 670. The lowest BCUT2D eigenvalue weighted by atomic mass is 10.1. The number of hydrogen-bond donors (Lipinski definition) is 1. The van der Waals surface area contributed by atoms with E-state index in [0.717, 1.165) is 9.26 Å². The van der Waals surface area contributed by atoms with Crippen LogP contribution in [0.2, 0.25) is 0 Å². The lowest BCUT2D eigenvalue weighted by Crippen LogP contribution is -2.20. The van der Waals surface area contributed by atoms with E-state index < -0.39 is 0 Å². The minimum absolute atomic E-state index is 0.0382. The number of ether oxygens (including phenoxy) is 1. The molecule has 0 fully saturated rings. The lowest BCUT2D eigenvalue weighted by molar-refractivity contribution is -0.118. The third kappa shape index (κ3) is 4.86. The van der Waals surface area contributed by atoms with E-state index in [4.69, 9.17) is 4.74 Å². The van der Waals surface area contributed by atoms with Crippen molar-refractivity contribution < 1.29 is 14.3 Å². The number of ketones is 1. The van der Waals surface area contributed by atoms with Gasteiger partial charge in [0.05, 0.1) is 0 Å². The van der Waals surface area contributed by atoms with Gasteiger partial charge in [-0.15, -0.1) is 0 Å². The SMILES string of the molecule is CC(=O)c1cccc(OCC(=O)Nc2cccc(I)c2)c1. The number of nitrogens with one attached hydrogen (secondary N) is 1. The second kappa shape index (κ2) is 7.21. The fourth-order valence-corrected chi connectivity index (χ4v) is 2.26. The molecule has 2 aromatic carbocycles. The molecular formula is C16H14INO3. The van der Waals surface area contributed by atoms with Gasteiger partial charge >= 0.3 is 0 Å². The molecule has 0 atom stereocenters. The molecule has 21 heavy (non-hydrogen) atoms. The normalized spacial score (nSPS) is 10.0. The van der Waals surface area contributed by atoms with Crippen molar-refractivity contribution in [1.82, 2.24) is 0 Å². The van der Waals surface area contributed by atoms with Crippen LogP contribution in [0, 0.1) is 3.57 Å². The van der Waals surface area contributed by atoms with Gasteiger partial charge in [-0.2, -0.15) is 0 Å². The van der Waals surface area contributed by atoms with Crippen LogP contribution in [-0.4, -0.2) is 18.3 Å². The van der Waals surface area contributed by atoms with E-state index in [-0.39, 0.29) is 18.3 Å². The van der Waals surface area contributed by atoms with Gasteiger partial charge in [0, 0.05) is 14.8 Å². The lowest BCUT2D eigenvalue weighted by Gasteiger charge is -2.08. The predicted molar refractivity (Wildman–Crippen MR) is 89.7 cm³/mol. The summed E-state index contributed by atoms with van der Waals surface area (Å²) in [7, 11) is 0. The van der Waals surface area contributed by atoms with Crippen LogP contribution in [0.1, 0.15) is 17.3 Å². The summed E-state index contributed by atoms with van der Waals surface area (Å²) in [6.07, 6.45) is 0. The Balaban J connectivity index is 1.92. The summed E-state index contributed by atoms with van der Waals surface area (Å²) < 4.78 is 6.44. The zero-order valence-electron chi connectivity index (χ0n) is 11.4. The van der Waals surface area contributed by atoms with Gasteiger partial charge in [0.1, 0.15) is 5.75 Å². The molecule has 0 aliphatic carbocycles. The topological polar surface area (TPSA) is 55.4 Å². The molecule has 0 aromatic heterocycles. The number of carbonyl (C=O) groups excluding carboxylic acids is 2. The fourth-order valence-electron chi connectivity index (χ4n) is 1.72. The molecule has 108 valence electrons. The Kier molecular flexibility index (Phi) is 5.32. The van der Waals surface area contributed by atoms with Crippen molar-refractivity contribution in [3.05, 3.63) is 57.7 Å². The number of anilines is 1. The minimum Gasteiger partial charge on any atom is -0.484 e. The summed E-state index contributed by atoms with van der Waals surface area (Å²) in [5, 5.41) is 2.75. The van der Waals surface area contributed by atoms with Gasteiger partial charge < -0.3 is 10.1 Å². The van der Waals surface area contributed by atoms with Gasteiger partial charge in [0.2, 0.25) is 0 Å². The number of Topliss-reactive ketones (excluding diaryl/α,β-unsaturated/α-hetero) is 1. The molecule has 1 amide bonds. The zero-order valence-corrected chi connectivity index (χ0v) is 13.6. The monoisotopic (exact) mass is 395 g/mol. The number of carbonyl (C=O) groups is 2. The van der Waals surface area contributed by atoms with Gasteiger partial charge in [-0.1, -0.05) is 18.2 Å². The van der Waals surface area contributed by atoms with Crippen molar-refractivity contribution in [1.29, 1.82) is 0 Å². The second-order valence-electron chi connectivity index (χ2n) is 4.43. The molecule has 4 nitrogen and oxygen atoms in total. The highest BCUT2D eigenvalue weighted by molar-refractivity contribution is 14.1. The summed E-state index contributed by atoms with van der Waals surface area (Å²) in [5.41, 5.74) is 1.29. The summed E-state index contributed by atoms with van der Waals surface area (Å²) in [4.78, 5) is 23.1. The molecule has 0 unspecified atom stereocenters. The average molecular weight is 395 g/mol. The molecule has 0 saturated carbocycles. The van der Waals surface area contributed by atoms with E-state index in [1.54, 1.807) is 24.3 Å².